The summed E-state index contributed by atoms with van der Waals surface area (Å²) >= 11 is 1.49. The van der Waals surface area contributed by atoms with Gasteiger partial charge in [-0.2, -0.15) is 0 Å². The Labute approximate surface area is 151 Å². The van der Waals surface area contributed by atoms with Gasteiger partial charge in [0.25, 0.3) is 0 Å². The van der Waals surface area contributed by atoms with Crippen molar-refractivity contribution >= 4 is 17.6 Å². The zero-order valence-corrected chi connectivity index (χ0v) is 15.7. The molecule has 0 saturated carbocycles. The summed E-state index contributed by atoms with van der Waals surface area (Å²) in [6.45, 7) is 7.08. The fourth-order valence-electron chi connectivity index (χ4n) is 3.30. The topological polar surface area (TPSA) is 83.2 Å². The van der Waals surface area contributed by atoms with Crippen LogP contribution in [0.2, 0.25) is 0 Å². The van der Waals surface area contributed by atoms with Crippen LogP contribution in [0.1, 0.15) is 32.6 Å². The SMILES string of the molecule is CC1(C)O[C@H]([C@@H]2OC(C)(C)O[C@@H]2CO)[C@@H](C/[N+]([O-])=C/c2cccs2)O1. The predicted molar refractivity (Wildman–Crippen MR) is 92.7 cm³/mol. The van der Waals surface area contributed by atoms with E-state index < -0.39 is 36.0 Å². The Kier molecular flexibility index (Phi) is 5.21. The van der Waals surface area contributed by atoms with Gasteiger partial charge < -0.3 is 29.3 Å². The summed E-state index contributed by atoms with van der Waals surface area (Å²) in [4.78, 5) is 0.875. The second-order valence-electron chi connectivity index (χ2n) is 7.20. The number of hydrogen-bond donors (Lipinski definition) is 1. The molecule has 2 aliphatic rings. The van der Waals surface area contributed by atoms with E-state index in [1.165, 1.54) is 17.6 Å². The number of nitrogens with zero attached hydrogens (tertiary/aromatic N) is 1. The van der Waals surface area contributed by atoms with Crippen LogP contribution in [0.5, 0.6) is 0 Å². The first-order valence-corrected chi connectivity index (χ1v) is 9.21. The number of ether oxygens (including phenoxy) is 4. The molecule has 7 nitrogen and oxygen atoms in total. The Morgan fingerprint density at radius 3 is 2.28 bits per heavy atom. The average Bonchev–Trinajstić information content (AvgIpc) is 3.17. The lowest BCUT2D eigenvalue weighted by molar-refractivity contribution is -0.465. The molecule has 2 saturated heterocycles. The van der Waals surface area contributed by atoms with Gasteiger partial charge in [0.2, 0.25) is 0 Å². The zero-order chi connectivity index (χ0) is 18.2. The molecular formula is C17H25NO6S. The fraction of sp³-hybridized carbons (Fsp3) is 0.706. The van der Waals surface area contributed by atoms with Crippen molar-refractivity contribution in [2.24, 2.45) is 0 Å². The van der Waals surface area contributed by atoms with Gasteiger partial charge in [-0.05, 0) is 39.1 Å². The van der Waals surface area contributed by atoms with E-state index in [4.69, 9.17) is 18.9 Å². The van der Waals surface area contributed by atoms with Crippen molar-refractivity contribution in [1.82, 2.24) is 0 Å². The molecule has 25 heavy (non-hydrogen) atoms. The highest BCUT2D eigenvalue weighted by Crippen LogP contribution is 2.38. The average molecular weight is 371 g/mol. The van der Waals surface area contributed by atoms with E-state index in [0.717, 1.165) is 9.62 Å². The van der Waals surface area contributed by atoms with Crippen LogP contribution in [0.4, 0.5) is 0 Å². The molecule has 8 heteroatoms. The van der Waals surface area contributed by atoms with Crippen molar-refractivity contribution in [3.05, 3.63) is 27.6 Å². The normalized spacial score (nSPS) is 34.5. The molecule has 4 atom stereocenters. The van der Waals surface area contributed by atoms with Gasteiger partial charge in [0.05, 0.1) is 11.5 Å². The van der Waals surface area contributed by atoms with Crippen LogP contribution in [-0.4, -0.2) is 65.2 Å². The fourth-order valence-corrected chi connectivity index (χ4v) is 3.95. The lowest BCUT2D eigenvalue weighted by Crippen LogP contribution is -2.45. The molecule has 1 N–H and O–H groups in total. The van der Waals surface area contributed by atoms with Crippen molar-refractivity contribution in [1.29, 1.82) is 0 Å². The van der Waals surface area contributed by atoms with E-state index in [-0.39, 0.29) is 13.2 Å². The van der Waals surface area contributed by atoms with E-state index in [1.54, 1.807) is 27.7 Å². The van der Waals surface area contributed by atoms with Gasteiger partial charge >= 0.3 is 0 Å². The van der Waals surface area contributed by atoms with E-state index in [1.807, 2.05) is 17.5 Å². The number of rotatable bonds is 5. The third-order valence-corrected chi connectivity index (χ3v) is 4.93. The summed E-state index contributed by atoms with van der Waals surface area (Å²) in [6, 6.07) is 3.77. The number of aliphatic hydroxyl groups is 1. The highest BCUT2D eigenvalue weighted by Gasteiger charge is 2.54. The molecule has 3 heterocycles. The summed E-state index contributed by atoms with van der Waals surface area (Å²) in [5, 5.41) is 23.9. The van der Waals surface area contributed by atoms with Crippen molar-refractivity contribution in [3.63, 3.8) is 0 Å². The Bertz CT molecular complexity index is 615. The lowest BCUT2D eigenvalue weighted by Gasteiger charge is -2.25. The zero-order valence-electron chi connectivity index (χ0n) is 14.9. The van der Waals surface area contributed by atoms with E-state index in [0.29, 0.717) is 0 Å². The molecule has 1 aromatic heterocycles. The van der Waals surface area contributed by atoms with Crippen LogP contribution in [0.25, 0.3) is 0 Å². The van der Waals surface area contributed by atoms with Crippen LogP contribution < -0.4 is 0 Å². The number of aliphatic hydroxyl groups excluding tert-OH is 1. The van der Waals surface area contributed by atoms with Gasteiger partial charge in [-0.3, -0.25) is 0 Å². The standard InChI is InChI=1S/C17H25NO6S/c1-16(2)21-12(9-18(20)8-11-6-5-7-25-11)14(23-16)15-13(10-19)22-17(3,4)24-15/h5-8,12-15,19H,9-10H2,1-4H3/b18-8-/t12-,13-,14+,15-/m1/s1. The van der Waals surface area contributed by atoms with Gasteiger partial charge in [-0.15, -0.1) is 11.3 Å². The van der Waals surface area contributed by atoms with Crippen LogP contribution in [0.3, 0.4) is 0 Å². The monoisotopic (exact) mass is 371 g/mol. The summed E-state index contributed by atoms with van der Waals surface area (Å²) < 4.78 is 24.4. The maximum absolute atomic E-state index is 12.3. The first kappa shape index (κ1) is 18.8. The smallest absolute Gasteiger partial charge is 0.191 e. The van der Waals surface area contributed by atoms with Gasteiger partial charge in [-0.1, -0.05) is 6.07 Å². The van der Waals surface area contributed by atoms with E-state index >= 15 is 0 Å². The maximum Gasteiger partial charge on any atom is 0.191 e. The summed E-state index contributed by atoms with van der Waals surface area (Å²) in [7, 11) is 0. The van der Waals surface area contributed by atoms with Crippen LogP contribution in [-0.2, 0) is 18.9 Å². The second-order valence-corrected chi connectivity index (χ2v) is 8.18. The highest BCUT2D eigenvalue weighted by atomic mass is 32.1. The number of thiophene rings is 1. The van der Waals surface area contributed by atoms with Crippen molar-refractivity contribution < 1.29 is 28.8 Å². The first-order valence-electron chi connectivity index (χ1n) is 8.33. The first-order chi connectivity index (χ1) is 11.7. The van der Waals surface area contributed by atoms with Gasteiger partial charge in [0.15, 0.2) is 24.3 Å². The van der Waals surface area contributed by atoms with Gasteiger partial charge in [-0.25, -0.2) is 4.74 Å². The minimum Gasteiger partial charge on any atom is -0.624 e. The molecule has 0 aliphatic carbocycles. The molecule has 3 rings (SSSR count). The van der Waals surface area contributed by atoms with Crippen LogP contribution >= 0.6 is 11.3 Å². The van der Waals surface area contributed by atoms with Crippen LogP contribution in [0.15, 0.2) is 17.5 Å². The lowest BCUT2D eigenvalue weighted by atomic mass is 10.0. The third kappa shape index (κ3) is 4.39. The van der Waals surface area contributed by atoms with Crippen molar-refractivity contribution in [3.8, 4) is 0 Å². The molecule has 0 unspecified atom stereocenters. The van der Waals surface area contributed by atoms with Gasteiger partial charge in [0.1, 0.15) is 24.4 Å². The molecule has 0 amide bonds. The molecule has 140 valence electrons. The molecular weight excluding hydrogens is 346 g/mol. The van der Waals surface area contributed by atoms with E-state index in [2.05, 4.69) is 0 Å². The minimum atomic E-state index is -0.838. The molecule has 0 radical (unpaired) electrons. The number of hydroxylamine groups is 1. The molecule has 2 fully saturated rings. The molecule has 0 aromatic carbocycles. The predicted octanol–water partition coefficient (Wildman–Crippen LogP) is 1.71. The Morgan fingerprint density at radius 2 is 1.72 bits per heavy atom. The molecule has 0 spiro atoms. The molecule has 0 bridgehead atoms. The Hall–Kier alpha value is -1.03. The summed E-state index contributed by atoms with van der Waals surface area (Å²) in [5.74, 6) is -1.66. The second kappa shape index (κ2) is 6.94. The summed E-state index contributed by atoms with van der Waals surface area (Å²) in [5.41, 5.74) is 0. The van der Waals surface area contributed by atoms with Crippen molar-refractivity contribution in [2.75, 3.05) is 13.2 Å². The Morgan fingerprint density at radius 1 is 1.12 bits per heavy atom. The van der Waals surface area contributed by atoms with Gasteiger partial charge in [0, 0.05) is 0 Å². The minimum absolute atomic E-state index is 0.102. The largest absolute Gasteiger partial charge is 0.624 e. The van der Waals surface area contributed by atoms with E-state index in [9.17, 15) is 10.3 Å². The Balaban J connectivity index is 1.77. The third-order valence-electron chi connectivity index (χ3n) is 4.12. The quantitative estimate of drug-likeness (QED) is 0.367. The maximum atomic E-state index is 12.3. The highest BCUT2D eigenvalue weighted by molar-refractivity contribution is 7.11. The number of hydrogen-bond acceptors (Lipinski definition) is 7. The molecule has 2 aliphatic heterocycles. The summed E-state index contributed by atoms with van der Waals surface area (Å²) in [6.07, 6.45) is -0.513. The molecule has 1 aromatic rings. The van der Waals surface area contributed by atoms with Crippen LogP contribution in [0, 0.1) is 5.21 Å². The van der Waals surface area contributed by atoms with Crippen molar-refractivity contribution in [2.45, 2.75) is 63.7 Å².